The van der Waals surface area contributed by atoms with Crippen LogP contribution in [0.1, 0.15) is 16.7 Å². The molecule has 0 saturated carbocycles. The number of imidazole rings is 1. The molecule has 3 rings (SSSR count). The zero-order valence-corrected chi connectivity index (χ0v) is 12.3. The van der Waals surface area contributed by atoms with Gasteiger partial charge >= 0.3 is 5.69 Å². The molecule has 0 spiro atoms. The number of nitrogens with zero attached hydrogens (tertiary/aromatic N) is 4. The molecule has 106 valence electrons. The van der Waals surface area contributed by atoms with Crippen LogP contribution in [0.2, 0.25) is 0 Å². The van der Waals surface area contributed by atoms with Crippen LogP contribution in [0.4, 0.5) is 0 Å². The van der Waals surface area contributed by atoms with E-state index in [-0.39, 0.29) is 5.56 Å². The highest BCUT2D eigenvalue weighted by molar-refractivity contribution is 5.84. The summed E-state index contributed by atoms with van der Waals surface area (Å²) in [6.07, 6.45) is 0. The van der Waals surface area contributed by atoms with Crippen molar-refractivity contribution in [1.29, 1.82) is 5.26 Å². The molecule has 6 nitrogen and oxygen atoms in total. The van der Waals surface area contributed by atoms with Crippen molar-refractivity contribution >= 4 is 16.7 Å². The van der Waals surface area contributed by atoms with Crippen molar-refractivity contribution in [1.82, 2.24) is 13.5 Å². The molecule has 0 radical (unpaired) electrons. The van der Waals surface area contributed by atoms with Gasteiger partial charge < -0.3 is 4.57 Å². The number of aromatic nitrogens is 3. The lowest BCUT2D eigenvalue weighted by Crippen LogP contribution is -2.37. The second-order valence-electron chi connectivity index (χ2n) is 5.28. The number of nitriles is 1. The number of fused-ring (bicyclic) bond motifs is 3. The van der Waals surface area contributed by atoms with Crippen LogP contribution in [0, 0.1) is 25.2 Å². The Hall–Kier alpha value is -2.81. The van der Waals surface area contributed by atoms with Crippen molar-refractivity contribution in [2.75, 3.05) is 0 Å². The summed E-state index contributed by atoms with van der Waals surface area (Å²) in [4.78, 5) is 24.6. The Morgan fingerprint density at radius 2 is 1.57 bits per heavy atom. The minimum atomic E-state index is -0.568. The molecule has 0 atom stereocenters. The molecule has 2 aromatic heterocycles. The van der Waals surface area contributed by atoms with Crippen LogP contribution in [0.3, 0.4) is 0 Å². The molecule has 0 aliphatic carbocycles. The summed E-state index contributed by atoms with van der Waals surface area (Å²) < 4.78 is 4.13. The van der Waals surface area contributed by atoms with E-state index >= 15 is 0 Å². The van der Waals surface area contributed by atoms with Gasteiger partial charge in [0.15, 0.2) is 5.56 Å². The smallest absolute Gasteiger partial charge is 0.327 e. The van der Waals surface area contributed by atoms with Gasteiger partial charge in [-0.05, 0) is 37.1 Å². The Bertz CT molecular complexity index is 1070. The van der Waals surface area contributed by atoms with Crippen LogP contribution < -0.4 is 11.2 Å². The van der Waals surface area contributed by atoms with Crippen LogP contribution >= 0.6 is 0 Å². The van der Waals surface area contributed by atoms with Gasteiger partial charge in [-0.25, -0.2) is 9.20 Å². The van der Waals surface area contributed by atoms with Crippen molar-refractivity contribution in [3.8, 4) is 6.07 Å². The predicted molar refractivity (Wildman–Crippen MR) is 79.6 cm³/mol. The van der Waals surface area contributed by atoms with E-state index in [0.29, 0.717) is 11.2 Å². The molecular weight excluding hydrogens is 268 g/mol. The molecule has 0 amide bonds. The summed E-state index contributed by atoms with van der Waals surface area (Å²) in [5.74, 6) is 0. The number of hydrogen-bond donors (Lipinski definition) is 0. The fourth-order valence-electron chi connectivity index (χ4n) is 2.68. The van der Waals surface area contributed by atoms with E-state index in [1.165, 1.54) is 11.4 Å². The Morgan fingerprint density at radius 1 is 1.00 bits per heavy atom. The van der Waals surface area contributed by atoms with Gasteiger partial charge in [-0.1, -0.05) is 0 Å². The van der Waals surface area contributed by atoms with Crippen molar-refractivity contribution in [3.63, 3.8) is 0 Å². The van der Waals surface area contributed by atoms with Crippen LogP contribution in [0.15, 0.2) is 21.7 Å². The van der Waals surface area contributed by atoms with Crippen LogP contribution in [-0.4, -0.2) is 13.5 Å². The second kappa shape index (κ2) is 4.09. The number of rotatable bonds is 0. The topological polar surface area (TPSA) is 72.2 Å². The third kappa shape index (κ3) is 1.51. The van der Waals surface area contributed by atoms with Crippen LogP contribution in [-0.2, 0) is 14.1 Å². The molecule has 0 N–H and O–H groups in total. The zero-order chi connectivity index (χ0) is 15.5. The minimum Gasteiger partial charge on any atom is -0.327 e. The minimum absolute atomic E-state index is 0.0221. The highest BCUT2D eigenvalue weighted by atomic mass is 16.2. The van der Waals surface area contributed by atoms with Crippen molar-refractivity contribution in [2.24, 2.45) is 14.1 Å². The largest absolute Gasteiger partial charge is 0.337 e. The standard InChI is InChI=1S/C15H14N4O2/c1-8-5-11-12(6-9(8)2)19-13(17(11)3)10(7-16)14(20)18(4)15(19)21/h5-6H,1-4H3. The molecule has 0 bridgehead atoms. The SMILES string of the molecule is Cc1cc2c(cc1C)n1c(=O)n(C)c(=O)c(C#N)c1n2C. The van der Waals surface area contributed by atoms with Gasteiger partial charge in [0.1, 0.15) is 11.7 Å². The molecule has 21 heavy (non-hydrogen) atoms. The first kappa shape index (κ1) is 13.2. The number of benzene rings is 1. The van der Waals surface area contributed by atoms with Crippen LogP contribution in [0.25, 0.3) is 16.7 Å². The van der Waals surface area contributed by atoms with E-state index in [2.05, 4.69) is 0 Å². The van der Waals surface area contributed by atoms with Gasteiger partial charge in [0.2, 0.25) is 0 Å². The number of aryl methyl sites for hydroxylation is 3. The molecule has 2 heterocycles. The maximum absolute atomic E-state index is 12.4. The molecule has 6 heteroatoms. The third-order valence-electron chi connectivity index (χ3n) is 4.05. The molecule has 0 unspecified atom stereocenters. The van der Waals surface area contributed by atoms with Gasteiger partial charge in [0.25, 0.3) is 5.56 Å². The van der Waals surface area contributed by atoms with E-state index < -0.39 is 11.2 Å². The molecule has 0 fully saturated rings. The predicted octanol–water partition coefficient (Wildman–Crippen LogP) is 0.978. The third-order valence-corrected chi connectivity index (χ3v) is 4.05. The van der Waals surface area contributed by atoms with Crippen molar-refractivity contribution in [2.45, 2.75) is 13.8 Å². The van der Waals surface area contributed by atoms with Gasteiger partial charge in [0.05, 0.1) is 11.0 Å². The Morgan fingerprint density at radius 3 is 2.14 bits per heavy atom. The average Bonchev–Trinajstić information content (AvgIpc) is 2.72. The van der Waals surface area contributed by atoms with E-state index in [4.69, 9.17) is 0 Å². The first-order chi connectivity index (χ1) is 9.88. The Kier molecular flexibility index (Phi) is 2.57. The highest BCUT2D eigenvalue weighted by Crippen LogP contribution is 2.22. The van der Waals surface area contributed by atoms with Gasteiger partial charge in [-0.3, -0.25) is 9.36 Å². The first-order valence-corrected chi connectivity index (χ1v) is 6.50. The molecule has 0 saturated heterocycles. The second-order valence-corrected chi connectivity index (χ2v) is 5.28. The van der Waals surface area contributed by atoms with Gasteiger partial charge in [-0.15, -0.1) is 0 Å². The molecule has 0 aliphatic rings. The van der Waals surface area contributed by atoms with Crippen LogP contribution in [0.5, 0.6) is 0 Å². The van der Waals surface area contributed by atoms with E-state index in [1.54, 1.807) is 11.6 Å². The van der Waals surface area contributed by atoms with Crippen molar-refractivity contribution in [3.05, 3.63) is 49.7 Å². The van der Waals surface area contributed by atoms with E-state index in [1.807, 2.05) is 32.0 Å². The lowest BCUT2D eigenvalue weighted by Gasteiger charge is -2.02. The van der Waals surface area contributed by atoms with Gasteiger partial charge in [0, 0.05) is 14.1 Å². The molecule has 0 aliphatic heterocycles. The highest BCUT2D eigenvalue weighted by Gasteiger charge is 2.19. The number of hydrogen-bond acceptors (Lipinski definition) is 3. The fourth-order valence-corrected chi connectivity index (χ4v) is 2.68. The fraction of sp³-hybridized carbons (Fsp3) is 0.267. The monoisotopic (exact) mass is 282 g/mol. The lowest BCUT2D eigenvalue weighted by molar-refractivity contribution is 0.754. The van der Waals surface area contributed by atoms with Crippen molar-refractivity contribution < 1.29 is 0 Å². The summed E-state index contributed by atoms with van der Waals surface area (Å²) in [5, 5.41) is 9.30. The lowest BCUT2D eigenvalue weighted by atomic mass is 10.1. The quantitative estimate of drug-likeness (QED) is 0.617. The summed E-state index contributed by atoms with van der Waals surface area (Å²) in [6, 6.07) is 5.79. The summed E-state index contributed by atoms with van der Waals surface area (Å²) >= 11 is 0. The Balaban J connectivity index is 2.81. The maximum atomic E-state index is 12.4. The summed E-state index contributed by atoms with van der Waals surface area (Å²) in [7, 11) is 3.14. The van der Waals surface area contributed by atoms with E-state index in [9.17, 15) is 14.9 Å². The average molecular weight is 282 g/mol. The zero-order valence-electron chi connectivity index (χ0n) is 12.3. The van der Waals surface area contributed by atoms with Gasteiger partial charge in [-0.2, -0.15) is 5.26 Å². The van der Waals surface area contributed by atoms with E-state index in [0.717, 1.165) is 21.2 Å². The normalized spacial score (nSPS) is 11.2. The maximum Gasteiger partial charge on any atom is 0.337 e. The summed E-state index contributed by atoms with van der Waals surface area (Å²) in [6.45, 7) is 3.95. The Labute approximate surface area is 120 Å². The molecular formula is C15H14N4O2. The first-order valence-electron chi connectivity index (χ1n) is 6.50. The summed E-state index contributed by atoms with van der Waals surface area (Å²) in [5.41, 5.74) is 2.97. The molecule has 1 aromatic carbocycles. The molecule has 3 aromatic rings.